The van der Waals surface area contributed by atoms with Crippen molar-refractivity contribution in [3.8, 4) is 0 Å². The summed E-state index contributed by atoms with van der Waals surface area (Å²) >= 11 is 0. The van der Waals surface area contributed by atoms with Crippen LogP contribution in [0.5, 0.6) is 0 Å². The van der Waals surface area contributed by atoms with Crippen LogP contribution in [0.4, 0.5) is 0 Å². The Labute approximate surface area is 73.6 Å². The first-order valence-electron chi connectivity index (χ1n) is 4.48. The third-order valence-electron chi connectivity index (χ3n) is 2.12. The molecule has 1 atom stereocenters. The maximum absolute atomic E-state index is 10.8. The summed E-state index contributed by atoms with van der Waals surface area (Å²) < 4.78 is 5.09. The van der Waals surface area contributed by atoms with E-state index in [0.717, 1.165) is 18.4 Å². The van der Waals surface area contributed by atoms with E-state index in [4.69, 9.17) is 4.74 Å². The Morgan fingerprint density at radius 2 is 2.25 bits per heavy atom. The van der Waals surface area contributed by atoms with Gasteiger partial charge < -0.3 is 4.74 Å². The number of ether oxygens (including phenoxy) is 1. The molecule has 1 aliphatic rings. The monoisotopic (exact) mass is 168 g/mol. The lowest BCUT2D eigenvalue weighted by atomic mass is 10.0. The highest BCUT2D eigenvalue weighted by Crippen LogP contribution is 2.21. The maximum atomic E-state index is 10.8. The average Bonchev–Trinajstić information content (AvgIpc) is 2.26. The molecule has 0 aromatic rings. The van der Waals surface area contributed by atoms with E-state index < -0.39 is 0 Å². The van der Waals surface area contributed by atoms with E-state index in [0.29, 0.717) is 5.92 Å². The minimum Gasteiger partial charge on any atom is -0.455 e. The van der Waals surface area contributed by atoms with Crippen LogP contribution in [0.3, 0.4) is 0 Å². The van der Waals surface area contributed by atoms with Gasteiger partial charge in [-0.15, -0.1) is 0 Å². The number of rotatable bonds is 3. The number of carbonyl (C=O) groups is 1. The second-order valence-electron chi connectivity index (χ2n) is 3.79. The highest BCUT2D eigenvalue weighted by molar-refractivity contribution is 5.85. The van der Waals surface area contributed by atoms with E-state index in [1.54, 1.807) is 6.08 Å². The molecule has 0 aromatic heterocycles. The second kappa shape index (κ2) is 3.74. The van der Waals surface area contributed by atoms with Gasteiger partial charge in [-0.3, -0.25) is 0 Å². The lowest BCUT2D eigenvalue weighted by molar-refractivity contribution is -0.139. The molecule has 1 rings (SSSR count). The molecule has 0 saturated heterocycles. The Morgan fingerprint density at radius 3 is 2.67 bits per heavy atom. The predicted octanol–water partition coefficient (Wildman–Crippen LogP) is 2.29. The maximum Gasteiger partial charge on any atom is 0.331 e. The summed E-state index contributed by atoms with van der Waals surface area (Å²) in [7, 11) is 0. The summed E-state index contributed by atoms with van der Waals surface area (Å²) in [5.74, 6) is 0.498. The topological polar surface area (TPSA) is 26.3 Å². The van der Waals surface area contributed by atoms with Gasteiger partial charge in [-0.05, 0) is 31.3 Å². The molecule has 2 nitrogen and oxygen atoms in total. The number of hydrogen-bond acceptors (Lipinski definition) is 2. The summed E-state index contributed by atoms with van der Waals surface area (Å²) in [5.41, 5.74) is 1.07. The minimum atomic E-state index is -0.179. The first kappa shape index (κ1) is 9.30. The van der Waals surface area contributed by atoms with Gasteiger partial charge in [-0.1, -0.05) is 13.8 Å². The summed E-state index contributed by atoms with van der Waals surface area (Å²) in [6.45, 7) is 6.31. The summed E-state index contributed by atoms with van der Waals surface area (Å²) in [4.78, 5) is 10.8. The largest absolute Gasteiger partial charge is 0.455 e. The fourth-order valence-electron chi connectivity index (χ4n) is 1.32. The molecule has 0 spiro atoms. The van der Waals surface area contributed by atoms with Crippen LogP contribution in [0.1, 0.15) is 33.6 Å². The van der Waals surface area contributed by atoms with Crippen molar-refractivity contribution in [2.75, 3.05) is 0 Å². The van der Waals surface area contributed by atoms with Crippen molar-refractivity contribution in [1.82, 2.24) is 0 Å². The van der Waals surface area contributed by atoms with Gasteiger partial charge >= 0.3 is 5.97 Å². The molecule has 0 N–H and O–H groups in total. The van der Waals surface area contributed by atoms with Crippen LogP contribution in [-0.2, 0) is 9.53 Å². The van der Waals surface area contributed by atoms with E-state index in [2.05, 4.69) is 13.8 Å². The van der Waals surface area contributed by atoms with Crippen LogP contribution in [0.15, 0.2) is 11.6 Å². The van der Waals surface area contributed by atoms with Crippen molar-refractivity contribution in [2.45, 2.75) is 39.7 Å². The van der Waals surface area contributed by atoms with Crippen LogP contribution in [0.2, 0.25) is 0 Å². The van der Waals surface area contributed by atoms with Gasteiger partial charge in [0.05, 0.1) is 0 Å². The quantitative estimate of drug-likeness (QED) is 0.604. The molecular formula is C10H16O2. The zero-order chi connectivity index (χ0) is 9.14. The molecule has 1 unspecified atom stereocenters. The zero-order valence-electron chi connectivity index (χ0n) is 7.96. The Kier molecular flexibility index (Phi) is 2.90. The molecule has 1 aliphatic heterocycles. The molecule has 12 heavy (non-hydrogen) atoms. The van der Waals surface area contributed by atoms with Gasteiger partial charge in [0, 0.05) is 6.08 Å². The van der Waals surface area contributed by atoms with Crippen molar-refractivity contribution in [3.05, 3.63) is 11.6 Å². The highest BCUT2D eigenvalue weighted by atomic mass is 16.5. The first-order valence-corrected chi connectivity index (χ1v) is 4.48. The van der Waals surface area contributed by atoms with Gasteiger partial charge in [0.15, 0.2) is 0 Å². The highest BCUT2D eigenvalue weighted by Gasteiger charge is 2.22. The summed E-state index contributed by atoms with van der Waals surface area (Å²) in [6.07, 6.45) is 3.72. The van der Waals surface area contributed by atoms with Gasteiger partial charge in [0.25, 0.3) is 0 Å². The van der Waals surface area contributed by atoms with Crippen molar-refractivity contribution >= 4 is 5.97 Å². The molecule has 0 fully saturated rings. The van der Waals surface area contributed by atoms with Crippen molar-refractivity contribution < 1.29 is 9.53 Å². The van der Waals surface area contributed by atoms with Crippen molar-refractivity contribution in [3.63, 3.8) is 0 Å². The van der Waals surface area contributed by atoms with Crippen molar-refractivity contribution in [1.29, 1.82) is 0 Å². The van der Waals surface area contributed by atoms with E-state index in [1.807, 2.05) is 6.92 Å². The molecule has 1 heterocycles. The first-order chi connectivity index (χ1) is 5.59. The number of carbonyl (C=O) groups excluding carboxylic acids is 1. The molecule has 68 valence electrons. The van der Waals surface area contributed by atoms with Crippen LogP contribution in [0.25, 0.3) is 0 Å². The zero-order valence-corrected chi connectivity index (χ0v) is 7.96. The Morgan fingerprint density at radius 1 is 1.58 bits per heavy atom. The molecule has 0 bridgehead atoms. The van der Waals surface area contributed by atoms with Gasteiger partial charge in [0.2, 0.25) is 0 Å². The normalized spacial score (nSPS) is 22.8. The van der Waals surface area contributed by atoms with Gasteiger partial charge in [-0.25, -0.2) is 4.79 Å². The third-order valence-corrected chi connectivity index (χ3v) is 2.12. The summed E-state index contributed by atoms with van der Waals surface area (Å²) in [5, 5.41) is 0. The summed E-state index contributed by atoms with van der Waals surface area (Å²) in [6, 6.07) is 0. The fraction of sp³-hybridized carbons (Fsp3) is 0.700. The third kappa shape index (κ3) is 2.36. The Hall–Kier alpha value is -0.790. The smallest absolute Gasteiger partial charge is 0.331 e. The second-order valence-corrected chi connectivity index (χ2v) is 3.79. The number of hydrogen-bond donors (Lipinski definition) is 0. The van der Waals surface area contributed by atoms with E-state index >= 15 is 0 Å². The standard InChI is InChI=1S/C10H16O2/c1-7(2)4-5-9-8(3)6-10(11)12-9/h6-7,9H,4-5H2,1-3H3. The molecule has 0 aliphatic carbocycles. The minimum absolute atomic E-state index is 0.0555. The van der Waals surface area contributed by atoms with Crippen LogP contribution < -0.4 is 0 Å². The van der Waals surface area contributed by atoms with E-state index in [1.165, 1.54) is 0 Å². The van der Waals surface area contributed by atoms with Gasteiger partial charge in [0.1, 0.15) is 6.10 Å². The predicted molar refractivity (Wildman–Crippen MR) is 47.7 cm³/mol. The van der Waals surface area contributed by atoms with Crippen molar-refractivity contribution in [2.24, 2.45) is 5.92 Å². The Bertz CT molecular complexity index is 204. The molecule has 0 aromatic carbocycles. The number of esters is 1. The molecule has 0 saturated carbocycles. The van der Waals surface area contributed by atoms with E-state index in [9.17, 15) is 4.79 Å². The average molecular weight is 168 g/mol. The van der Waals surface area contributed by atoms with Crippen LogP contribution in [0, 0.1) is 5.92 Å². The Balaban J connectivity index is 2.36. The lowest BCUT2D eigenvalue weighted by Crippen LogP contribution is -2.11. The number of cyclic esters (lactones) is 1. The fourth-order valence-corrected chi connectivity index (χ4v) is 1.32. The lowest BCUT2D eigenvalue weighted by Gasteiger charge is -2.12. The molecule has 0 radical (unpaired) electrons. The molecule has 0 amide bonds. The molecule has 2 heteroatoms. The van der Waals surface area contributed by atoms with Gasteiger partial charge in [-0.2, -0.15) is 0 Å². The van der Waals surface area contributed by atoms with Crippen LogP contribution >= 0.6 is 0 Å². The van der Waals surface area contributed by atoms with Crippen LogP contribution in [-0.4, -0.2) is 12.1 Å². The SMILES string of the molecule is CC1=CC(=O)OC1CCC(C)C. The van der Waals surface area contributed by atoms with E-state index in [-0.39, 0.29) is 12.1 Å². The molecular weight excluding hydrogens is 152 g/mol.